The van der Waals surface area contributed by atoms with Crippen LogP contribution in [0.25, 0.3) is 28.1 Å². The van der Waals surface area contributed by atoms with E-state index in [-0.39, 0.29) is 11.9 Å². The normalized spacial score (nSPS) is 12.1. The van der Waals surface area contributed by atoms with Gasteiger partial charge in [-0.3, -0.25) is 4.79 Å². The van der Waals surface area contributed by atoms with Gasteiger partial charge < -0.3 is 14.6 Å². The monoisotopic (exact) mass is 466 g/mol. The van der Waals surface area contributed by atoms with E-state index in [0.29, 0.717) is 13.2 Å². The highest BCUT2D eigenvalue weighted by atomic mass is 16.5. The minimum Gasteiger partial charge on any atom is -0.463 e. The van der Waals surface area contributed by atoms with E-state index in [0.717, 1.165) is 34.0 Å². The number of carbonyl (C=O) groups excluding carboxylic acids is 2. The second kappa shape index (κ2) is 11.3. The second-order valence-electron chi connectivity index (χ2n) is 8.38. The van der Waals surface area contributed by atoms with Crippen molar-refractivity contribution >= 4 is 28.9 Å². The summed E-state index contributed by atoms with van der Waals surface area (Å²) < 4.78 is 7.01. The highest BCUT2D eigenvalue weighted by molar-refractivity contribution is 5.97. The van der Waals surface area contributed by atoms with Gasteiger partial charge in [0.2, 0.25) is 5.91 Å². The average Bonchev–Trinajstić information content (AvgIpc) is 3.26. The summed E-state index contributed by atoms with van der Waals surface area (Å²) >= 11 is 0. The molecule has 0 aliphatic rings. The largest absolute Gasteiger partial charge is 0.463 e. The van der Waals surface area contributed by atoms with Crippen LogP contribution >= 0.6 is 0 Å². The fourth-order valence-corrected chi connectivity index (χ4v) is 4.14. The molecule has 0 aliphatic heterocycles. The number of amides is 1. The second-order valence-corrected chi connectivity index (χ2v) is 8.38. The molecule has 5 nitrogen and oxygen atoms in total. The molecule has 3 aromatic carbocycles. The summed E-state index contributed by atoms with van der Waals surface area (Å²) in [5, 5.41) is 4.02. The highest BCUT2D eigenvalue weighted by Gasteiger charge is 2.19. The number of aromatic nitrogens is 1. The molecule has 0 fully saturated rings. The Morgan fingerprint density at radius 2 is 1.69 bits per heavy atom. The van der Waals surface area contributed by atoms with Gasteiger partial charge in [-0.1, -0.05) is 66.7 Å². The zero-order valence-corrected chi connectivity index (χ0v) is 20.1. The van der Waals surface area contributed by atoms with Gasteiger partial charge in [0.05, 0.1) is 6.61 Å². The fraction of sp³-hybridized carbons (Fsp3) is 0.200. The van der Waals surface area contributed by atoms with Crippen LogP contribution in [0.5, 0.6) is 0 Å². The van der Waals surface area contributed by atoms with Crippen molar-refractivity contribution in [1.82, 2.24) is 9.88 Å². The molecule has 35 heavy (non-hydrogen) atoms. The summed E-state index contributed by atoms with van der Waals surface area (Å²) in [6, 6.07) is 26.0. The number of ether oxygens (including phenoxy) is 1. The van der Waals surface area contributed by atoms with Crippen molar-refractivity contribution in [1.29, 1.82) is 0 Å². The smallest absolute Gasteiger partial charge is 0.330 e. The fourth-order valence-electron chi connectivity index (χ4n) is 4.14. The van der Waals surface area contributed by atoms with Crippen LogP contribution in [-0.2, 0) is 20.7 Å². The molecule has 1 N–H and O–H groups in total. The van der Waals surface area contributed by atoms with Crippen molar-refractivity contribution in [2.24, 2.45) is 0 Å². The van der Waals surface area contributed by atoms with Gasteiger partial charge in [-0.2, -0.15) is 0 Å². The lowest BCUT2D eigenvalue weighted by atomic mass is 10.0. The van der Waals surface area contributed by atoms with Gasteiger partial charge in [-0.25, -0.2) is 4.79 Å². The molecule has 0 radical (unpaired) electrons. The van der Waals surface area contributed by atoms with Crippen molar-refractivity contribution in [3.63, 3.8) is 0 Å². The molecule has 0 spiro atoms. The number of esters is 1. The van der Waals surface area contributed by atoms with Crippen LogP contribution in [-0.4, -0.2) is 29.6 Å². The molecule has 0 saturated heterocycles. The molecular weight excluding hydrogens is 436 g/mol. The zero-order valence-electron chi connectivity index (χ0n) is 20.1. The molecule has 1 amide bonds. The molecule has 0 aliphatic carbocycles. The molecule has 1 atom stereocenters. The van der Waals surface area contributed by atoms with E-state index in [1.165, 1.54) is 11.6 Å². The first-order valence-electron chi connectivity index (χ1n) is 11.9. The topological polar surface area (TPSA) is 60.3 Å². The first kappa shape index (κ1) is 24.0. The maximum Gasteiger partial charge on any atom is 0.330 e. The maximum absolute atomic E-state index is 13.0. The van der Waals surface area contributed by atoms with E-state index >= 15 is 0 Å². The lowest BCUT2D eigenvalue weighted by molar-refractivity contribution is -0.137. The molecule has 1 unspecified atom stereocenters. The van der Waals surface area contributed by atoms with Crippen LogP contribution in [0.2, 0.25) is 0 Å². The summed E-state index contributed by atoms with van der Waals surface area (Å²) in [5.41, 5.74) is 5.15. The summed E-state index contributed by atoms with van der Waals surface area (Å²) in [6.45, 7) is 4.56. The number of nitrogens with one attached hydrogen (secondary N) is 1. The molecule has 0 bridgehead atoms. The van der Waals surface area contributed by atoms with E-state index in [9.17, 15) is 9.59 Å². The zero-order chi connectivity index (χ0) is 24.6. The summed E-state index contributed by atoms with van der Waals surface area (Å²) in [7, 11) is 0. The molecule has 178 valence electrons. The van der Waals surface area contributed by atoms with Crippen LogP contribution in [0.3, 0.4) is 0 Å². The molecular formula is C30H30N2O3. The highest BCUT2D eigenvalue weighted by Crippen LogP contribution is 2.31. The Kier molecular flexibility index (Phi) is 7.78. The third-order valence-electron chi connectivity index (χ3n) is 6.01. The van der Waals surface area contributed by atoms with Crippen molar-refractivity contribution < 1.29 is 14.3 Å². The predicted octanol–water partition coefficient (Wildman–Crippen LogP) is 5.80. The summed E-state index contributed by atoms with van der Waals surface area (Å²) in [6.07, 6.45) is 5.89. The molecule has 5 heteroatoms. The van der Waals surface area contributed by atoms with E-state index in [4.69, 9.17) is 4.74 Å². The van der Waals surface area contributed by atoms with Crippen LogP contribution in [0.4, 0.5) is 0 Å². The minimum absolute atomic E-state index is 0.0501. The van der Waals surface area contributed by atoms with Gasteiger partial charge in [-0.15, -0.1) is 0 Å². The predicted molar refractivity (Wildman–Crippen MR) is 141 cm³/mol. The molecule has 0 saturated carbocycles. The van der Waals surface area contributed by atoms with Gasteiger partial charge in [0, 0.05) is 35.3 Å². The standard InChI is InChI=1S/C30H30N2O3/c1-3-35-29(33)17-15-26-21-32(22(2)30(34)31-19-18-23-10-6-4-7-11-23)28-16-14-25(20-27(26)28)24-12-8-5-9-13-24/h4-17,20-22H,3,18-19H2,1-2H3,(H,31,34). The van der Waals surface area contributed by atoms with Gasteiger partial charge in [-0.05, 0) is 55.2 Å². The van der Waals surface area contributed by atoms with Crippen LogP contribution in [0.1, 0.15) is 31.0 Å². The van der Waals surface area contributed by atoms with E-state index in [1.807, 2.05) is 60.2 Å². The van der Waals surface area contributed by atoms with Crippen molar-refractivity contribution in [2.45, 2.75) is 26.3 Å². The Bertz CT molecular complexity index is 1320. The number of carbonyl (C=O) groups is 2. The van der Waals surface area contributed by atoms with Gasteiger partial charge in [0.15, 0.2) is 0 Å². The van der Waals surface area contributed by atoms with Crippen LogP contribution < -0.4 is 5.32 Å². The molecule has 4 aromatic rings. The molecule has 1 aromatic heterocycles. The molecule has 4 rings (SSSR count). The number of hydrogen-bond donors (Lipinski definition) is 1. The van der Waals surface area contributed by atoms with Gasteiger partial charge >= 0.3 is 5.97 Å². The third kappa shape index (κ3) is 5.87. The Labute approximate surface area is 206 Å². The number of fused-ring (bicyclic) bond motifs is 1. The van der Waals surface area contributed by atoms with Crippen molar-refractivity contribution in [3.8, 4) is 11.1 Å². The third-order valence-corrected chi connectivity index (χ3v) is 6.01. The number of hydrogen-bond acceptors (Lipinski definition) is 3. The first-order chi connectivity index (χ1) is 17.1. The van der Waals surface area contributed by atoms with Gasteiger partial charge in [0.25, 0.3) is 0 Å². The number of benzene rings is 3. The summed E-state index contributed by atoms with van der Waals surface area (Å²) in [4.78, 5) is 24.9. The summed E-state index contributed by atoms with van der Waals surface area (Å²) in [5.74, 6) is -0.440. The lowest BCUT2D eigenvalue weighted by Gasteiger charge is -2.15. The average molecular weight is 467 g/mol. The van der Waals surface area contributed by atoms with E-state index in [2.05, 4.69) is 41.7 Å². The quantitative estimate of drug-likeness (QED) is 0.250. The number of rotatable bonds is 9. The Morgan fingerprint density at radius 3 is 2.40 bits per heavy atom. The lowest BCUT2D eigenvalue weighted by Crippen LogP contribution is -2.32. The number of nitrogens with zero attached hydrogens (tertiary/aromatic N) is 1. The van der Waals surface area contributed by atoms with E-state index in [1.54, 1.807) is 13.0 Å². The first-order valence-corrected chi connectivity index (χ1v) is 11.9. The van der Waals surface area contributed by atoms with Crippen LogP contribution in [0, 0.1) is 0 Å². The van der Waals surface area contributed by atoms with Crippen molar-refractivity contribution in [3.05, 3.63) is 102 Å². The molecule has 1 heterocycles. The Hall–Kier alpha value is -4.12. The van der Waals surface area contributed by atoms with Gasteiger partial charge in [0.1, 0.15) is 6.04 Å². The van der Waals surface area contributed by atoms with Crippen LogP contribution in [0.15, 0.2) is 91.1 Å². The minimum atomic E-state index is -0.416. The Morgan fingerprint density at radius 1 is 0.971 bits per heavy atom. The SMILES string of the molecule is CCOC(=O)C=Cc1cn(C(C)C(=O)NCCc2ccccc2)c2ccc(-c3ccccc3)cc12. The van der Waals surface area contributed by atoms with E-state index < -0.39 is 6.04 Å². The van der Waals surface area contributed by atoms with Crippen molar-refractivity contribution in [2.75, 3.05) is 13.2 Å². The maximum atomic E-state index is 13.0. The Balaban J connectivity index is 1.62.